The summed E-state index contributed by atoms with van der Waals surface area (Å²) >= 11 is 1.15. The van der Waals surface area contributed by atoms with Crippen molar-refractivity contribution < 1.29 is 19.0 Å². The molecule has 1 aromatic rings. The average molecular weight is 326 g/mol. The van der Waals surface area contributed by atoms with E-state index in [1.54, 1.807) is 7.11 Å². The van der Waals surface area contributed by atoms with Crippen LogP contribution >= 0.6 is 11.5 Å². The molecule has 0 radical (unpaired) electrons. The lowest BCUT2D eigenvalue weighted by Gasteiger charge is -2.34. The zero-order valence-electron chi connectivity index (χ0n) is 13.0. The standard InChI is InChI=1S/C15H22N2O4S/c1-19-13-12(15(20-2)22-16-13)14(18)17-6-7-21-9-11(8-17)10-4-3-5-10/h10-11H,3-9H2,1-2H3. The molecule has 122 valence electrons. The second-order valence-electron chi connectivity index (χ2n) is 5.84. The first-order chi connectivity index (χ1) is 10.7. The number of ether oxygens (including phenoxy) is 3. The topological polar surface area (TPSA) is 60.9 Å². The van der Waals surface area contributed by atoms with Crippen LogP contribution in [0.15, 0.2) is 0 Å². The van der Waals surface area contributed by atoms with Crippen LogP contribution in [0.5, 0.6) is 10.9 Å². The Morgan fingerprint density at radius 3 is 2.77 bits per heavy atom. The maximum absolute atomic E-state index is 12.9. The molecule has 1 saturated carbocycles. The second-order valence-corrected chi connectivity index (χ2v) is 6.57. The molecule has 1 saturated heterocycles. The number of amides is 1. The Bertz CT molecular complexity index is 508. The molecular formula is C15H22N2O4S. The van der Waals surface area contributed by atoms with Gasteiger partial charge in [-0.15, -0.1) is 0 Å². The van der Waals surface area contributed by atoms with Crippen LogP contribution in [0.25, 0.3) is 0 Å². The number of aromatic nitrogens is 1. The quantitative estimate of drug-likeness (QED) is 0.847. The van der Waals surface area contributed by atoms with Crippen LogP contribution in [-0.4, -0.2) is 55.7 Å². The van der Waals surface area contributed by atoms with E-state index in [0.29, 0.717) is 41.5 Å². The zero-order valence-corrected chi connectivity index (χ0v) is 13.9. The van der Waals surface area contributed by atoms with Gasteiger partial charge in [-0.3, -0.25) is 4.79 Å². The van der Waals surface area contributed by atoms with E-state index in [2.05, 4.69) is 4.37 Å². The predicted octanol–water partition coefficient (Wildman–Crippen LogP) is 2.05. The highest BCUT2D eigenvalue weighted by molar-refractivity contribution is 7.08. The van der Waals surface area contributed by atoms with Gasteiger partial charge in [-0.1, -0.05) is 19.3 Å². The molecule has 2 fully saturated rings. The third-order valence-electron chi connectivity index (χ3n) is 4.62. The fourth-order valence-electron chi connectivity index (χ4n) is 3.09. The van der Waals surface area contributed by atoms with E-state index in [-0.39, 0.29) is 5.91 Å². The number of methoxy groups -OCH3 is 2. The highest BCUT2D eigenvalue weighted by atomic mass is 32.1. The van der Waals surface area contributed by atoms with Gasteiger partial charge in [0, 0.05) is 30.5 Å². The van der Waals surface area contributed by atoms with E-state index in [1.807, 2.05) is 4.90 Å². The maximum Gasteiger partial charge on any atom is 0.264 e. The molecule has 1 aliphatic heterocycles. The Balaban J connectivity index is 1.79. The largest absolute Gasteiger partial charge is 0.485 e. The zero-order chi connectivity index (χ0) is 15.5. The molecule has 1 atom stereocenters. The van der Waals surface area contributed by atoms with Crippen LogP contribution in [0.1, 0.15) is 29.6 Å². The molecule has 2 heterocycles. The molecule has 0 bridgehead atoms. The SMILES string of the molecule is COc1nsc(OC)c1C(=O)N1CCOCC(C2CCC2)C1. The van der Waals surface area contributed by atoms with Gasteiger partial charge in [0.15, 0.2) is 5.56 Å². The Hall–Kier alpha value is -1.34. The van der Waals surface area contributed by atoms with E-state index in [4.69, 9.17) is 14.2 Å². The van der Waals surface area contributed by atoms with E-state index in [9.17, 15) is 4.79 Å². The summed E-state index contributed by atoms with van der Waals surface area (Å²) in [5, 5.41) is 0.507. The van der Waals surface area contributed by atoms with Crippen molar-refractivity contribution in [3.8, 4) is 10.9 Å². The first-order valence-corrected chi connectivity index (χ1v) is 8.46. The van der Waals surface area contributed by atoms with Crippen LogP contribution in [0.2, 0.25) is 0 Å². The molecule has 6 nitrogen and oxygen atoms in total. The second kappa shape index (κ2) is 6.83. The van der Waals surface area contributed by atoms with Gasteiger partial charge in [0.25, 0.3) is 5.91 Å². The summed E-state index contributed by atoms with van der Waals surface area (Å²) in [6.45, 7) is 2.68. The molecule has 7 heteroatoms. The van der Waals surface area contributed by atoms with Crippen LogP contribution in [0, 0.1) is 11.8 Å². The molecule has 1 unspecified atom stereocenters. The molecule has 2 aliphatic rings. The maximum atomic E-state index is 12.9. The fourth-order valence-corrected chi connectivity index (χ4v) is 3.77. The van der Waals surface area contributed by atoms with Gasteiger partial charge in [0.2, 0.25) is 10.9 Å². The van der Waals surface area contributed by atoms with Gasteiger partial charge in [0.1, 0.15) is 0 Å². The van der Waals surface area contributed by atoms with Crippen LogP contribution in [0.4, 0.5) is 0 Å². The van der Waals surface area contributed by atoms with E-state index in [0.717, 1.165) is 24.7 Å². The van der Waals surface area contributed by atoms with Crippen LogP contribution in [0.3, 0.4) is 0 Å². The summed E-state index contributed by atoms with van der Waals surface area (Å²) in [7, 11) is 3.07. The molecule has 22 heavy (non-hydrogen) atoms. The minimum atomic E-state index is -0.0720. The first kappa shape index (κ1) is 15.6. The Labute approximate surface area is 134 Å². The number of rotatable bonds is 4. The van der Waals surface area contributed by atoms with Gasteiger partial charge in [0.05, 0.1) is 27.4 Å². The predicted molar refractivity (Wildman–Crippen MR) is 82.8 cm³/mol. The Morgan fingerprint density at radius 2 is 2.14 bits per heavy atom. The highest BCUT2D eigenvalue weighted by Crippen LogP contribution is 2.37. The van der Waals surface area contributed by atoms with Crippen molar-refractivity contribution in [3.63, 3.8) is 0 Å². The third kappa shape index (κ3) is 2.92. The molecule has 0 spiro atoms. The normalized spacial score (nSPS) is 22.8. The summed E-state index contributed by atoms with van der Waals surface area (Å²) in [4.78, 5) is 14.8. The summed E-state index contributed by atoms with van der Waals surface area (Å²) in [6, 6.07) is 0. The van der Waals surface area contributed by atoms with Crippen LogP contribution < -0.4 is 9.47 Å². The minimum absolute atomic E-state index is 0.0720. The van der Waals surface area contributed by atoms with Crippen molar-refractivity contribution in [1.29, 1.82) is 0 Å². The Kier molecular flexibility index (Phi) is 4.83. The van der Waals surface area contributed by atoms with Crippen molar-refractivity contribution in [1.82, 2.24) is 9.27 Å². The first-order valence-electron chi connectivity index (χ1n) is 7.69. The summed E-state index contributed by atoms with van der Waals surface area (Å²) < 4.78 is 20.3. The van der Waals surface area contributed by atoms with Gasteiger partial charge < -0.3 is 19.1 Å². The number of carbonyl (C=O) groups is 1. The van der Waals surface area contributed by atoms with E-state index < -0.39 is 0 Å². The number of carbonyl (C=O) groups excluding carboxylic acids is 1. The third-order valence-corrected chi connectivity index (χ3v) is 5.41. The van der Waals surface area contributed by atoms with Crippen molar-refractivity contribution in [3.05, 3.63) is 5.56 Å². The fraction of sp³-hybridized carbons (Fsp3) is 0.733. The molecular weight excluding hydrogens is 304 g/mol. The molecule has 0 N–H and O–H groups in total. The lowest BCUT2D eigenvalue weighted by Crippen LogP contribution is -2.39. The molecule has 1 amide bonds. The number of nitrogens with zero attached hydrogens (tertiary/aromatic N) is 2. The molecule has 0 aromatic carbocycles. The number of hydrogen-bond donors (Lipinski definition) is 0. The van der Waals surface area contributed by atoms with Crippen molar-refractivity contribution in [2.75, 3.05) is 40.5 Å². The lowest BCUT2D eigenvalue weighted by atomic mass is 9.76. The minimum Gasteiger partial charge on any atom is -0.485 e. The van der Waals surface area contributed by atoms with Gasteiger partial charge in [-0.25, -0.2) is 0 Å². The summed E-state index contributed by atoms with van der Waals surface area (Å²) in [5.41, 5.74) is 0.434. The smallest absolute Gasteiger partial charge is 0.264 e. The summed E-state index contributed by atoms with van der Waals surface area (Å²) in [6.07, 6.45) is 3.80. The van der Waals surface area contributed by atoms with E-state index >= 15 is 0 Å². The van der Waals surface area contributed by atoms with E-state index in [1.165, 1.54) is 26.4 Å². The van der Waals surface area contributed by atoms with Gasteiger partial charge in [-0.2, -0.15) is 4.37 Å². The van der Waals surface area contributed by atoms with Gasteiger partial charge in [-0.05, 0) is 5.92 Å². The number of hydrogen-bond acceptors (Lipinski definition) is 6. The van der Waals surface area contributed by atoms with Gasteiger partial charge >= 0.3 is 0 Å². The van der Waals surface area contributed by atoms with Crippen LogP contribution in [-0.2, 0) is 4.74 Å². The van der Waals surface area contributed by atoms with Crippen molar-refractivity contribution >= 4 is 17.4 Å². The highest BCUT2D eigenvalue weighted by Gasteiger charge is 2.34. The Morgan fingerprint density at radius 1 is 1.32 bits per heavy atom. The molecule has 1 aromatic heterocycles. The monoisotopic (exact) mass is 326 g/mol. The molecule has 1 aliphatic carbocycles. The van der Waals surface area contributed by atoms with Crippen molar-refractivity contribution in [2.24, 2.45) is 11.8 Å². The van der Waals surface area contributed by atoms with Crippen molar-refractivity contribution in [2.45, 2.75) is 19.3 Å². The average Bonchev–Trinajstić information content (AvgIpc) is 2.75. The molecule has 3 rings (SSSR count). The summed E-state index contributed by atoms with van der Waals surface area (Å²) in [5.74, 6) is 1.40. The lowest BCUT2D eigenvalue weighted by molar-refractivity contribution is 0.0682.